The van der Waals surface area contributed by atoms with Gasteiger partial charge in [0.15, 0.2) is 0 Å². The Morgan fingerprint density at radius 1 is 1.10 bits per heavy atom. The Kier molecular flexibility index (Phi) is 5.61. The zero-order chi connectivity index (χ0) is 21.1. The van der Waals surface area contributed by atoms with Crippen molar-refractivity contribution in [2.24, 2.45) is 0 Å². The van der Waals surface area contributed by atoms with Gasteiger partial charge in [-0.05, 0) is 67.3 Å². The van der Waals surface area contributed by atoms with Gasteiger partial charge in [0.1, 0.15) is 0 Å². The lowest BCUT2D eigenvalue weighted by Gasteiger charge is -2.25. The summed E-state index contributed by atoms with van der Waals surface area (Å²) in [4.78, 5) is 31.5. The average molecular weight is 399 g/mol. The minimum Gasteiger partial charge on any atom is -0.322 e. The van der Waals surface area contributed by atoms with E-state index in [1.54, 1.807) is 12.1 Å². The zero-order valence-corrected chi connectivity index (χ0v) is 17.3. The van der Waals surface area contributed by atoms with E-state index < -0.39 is 0 Å². The number of anilines is 2. The highest BCUT2D eigenvalue weighted by Crippen LogP contribution is 2.36. The molecule has 0 aliphatic carbocycles. The van der Waals surface area contributed by atoms with Gasteiger partial charge >= 0.3 is 0 Å². The summed E-state index contributed by atoms with van der Waals surface area (Å²) in [5.41, 5.74) is 5.46. The summed E-state index contributed by atoms with van der Waals surface area (Å²) < 4.78 is 0. The number of pyridine rings is 1. The maximum atomic E-state index is 12.7. The molecule has 0 spiro atoms. The van der Waals surface area contributed by atoms with Gasteiger partial charge in [-0.15, -0.1) is 0 Å². The highest BCUT2D eigenvalue weighted by molar-refractivity contribution is 6.04. The Balaban J connectivity index is 1.57. The van der Waals surface area contributed by atoms with E-state index in [4.69, 9.17) is 0 Å². The van der Waals surface area contributed by atoms with Crippen LogP contribution in [0, 0.1) is 6.92 Å². The van der Waals surface area contributed by atoms with Crippen LogP contribution in [0.4, 0.5) is 11.4 Å². The van der Waals surface area contributed by atoms with E-state index in [2.05, 4.69) is 16.4 Å². The summed E-state index contributed by atoms with van der Waals surface area (Å²) in [7, 11) is 0. The van der Waals surface area contributed by atoms with Crippen LogP contribution in [0.1, 0.15) is 40.5 Å². The van der Waals surface area contributed by atoms with Crippen LogP contribution in [0.2, 0.25) is 0 Å². The van der Waals surface area contributed by atoms with Crippen molar-refractivity contribution in [1.82, 2.24) is 4.98 Å². The van der Waals surface area contributed by atoms with Crippen LogP contribution in [0.3, 0.4) is 0 Å². The maximum Gasteiger partial charge on any atom is 0.255 e. The second-order valence-electron chi connectivity index (χ2n) is 7.65. The van der Waals surface area contributed by atoms with Crippen LogP contribution < -0.4 is 10.2 Å². The largest absolute Gasteiger partial charge is 0.322 e. The fourth-order valence-electron chi connectivity index (χ4n) is 3.96. The zero-order valence-electron chi connectivity index (χ0n) is 17.3. The number of hydrogen-bond acceptors (Lipinski definition) is 3. The monoisotopic (exact) mass is 399 g/mol. The van der Waals surface area contributed by atoms with Crippen molar-refractivity contribution in [3.05, 3.63) is 89.2 Å². The SMILES string of the molecule is CCC(=O)N1c2ccc(NC(=O)c3ccccc3)cc2CC1Cc1ccc(C)nc1. The molecule has 5 heteroatoms. The minimum atomic E-state index is -0.141. The van der Waals surface area contributed by atoms with Gasteiger partial charge in [-0.1, -0.05) is 31.2 Å². The molecule has 1 aromatic heterocycles. The first kappa shape index (κ1) is 19.8. The molecule has 0 bridgehead atoms. The molecule has 152 valence electrons. The first-order chi connectivity index (χ1) is 14.5. The van der Waals surface area contributed by atoms with Crippen LogP contribution >= 0.6 is 0 Å². The highest BCUT2D eigenvalue weighted by Gasteiger charge is 2.33. The van der Waals surface area contributed by atoms with Gasteiger partial charge in [-0.25, -0.2) is 0 Å². The van der Waals surface area contributed by atoms with Gasteiger partial charge < -0.3 is 10.2 Å². The number of fused-ring (bicyclic) bond motifs is 1. The van der Waals surface area contributed by atoms with E-state index in [9.17, 15) is 9.59 Å². The first-order valence-electron chi connectivity index (χ1n) is 10.3. The number of carbonyl (C=O) groups is 2. The van der Waals surface area contributed by atoms with E-state index in [-0.39, 0.29) is 17.9 Å². The number of aromatic nitrogens is 1. The molecule has 3 aromatic rings. The van der Waals surface area contributed by atoms with E-state index in [1.807, 2.05) is 67.4 Å². The molecule has 30 heavy (non-hydrogen) atoms. The van der Waals surface area contributed by atoms with Gasteiger partial charge in [0.2, 0.25) is 5.91 Å². The van der Waals surface area contributed by atoms with Crippen molar-refractivity contribution in [2.75, 3.05) is 10.2 Å². The standard InChI is InChI=1S/C25H25N3O2/c1-3-24(29)28-22(13-18-10-9-17(2)26-16-18)15-20-14-21(11-12-23(20)28)27-25(30)19-7-5-4-6-8-19/h4-12,14,16,22H,3,13,15H2,1-2H3,(H,27,30). The molecule has 0 saturated carbocycles. The molecule has 2 aromatic carbocycles. The fourth-order valence-corrected chi connectivity index (χ4v) is 3.96. The number of amides is 2. The summed E-state index contributed by atoms with van der Waals surface area (Å²) >= 11 is 0. The molecule has 5 nitrogen and oxygen atoms in total. The molecule has 1 aliphatic heterocycles. The van der Waals surface area contributed by atoms with E-state index in [0.717, 1.165) is 41.0 Å². The summed E-state index contributed by atoms with van der Waals surface area (Å²) in [6, 6.07) is 19.1. The Morgan fingerprint density at radius 3 is 2.60 bits per heavy atom. The third kappa shape index (κ3) is 4.10. The molecule has 0 radical (unpaired) electrons. The molecule has 0 saturated heterocycles. The summed E-state index contributed by atoms with van der Waals surface area (Å²) in [6.45, 7) is 3.85. The highest BCUT2D eigenvalue weighted by atomic mass is 16.2. The number of benzene rings is 2. The third-order valence-electron chi connectivity index (χ3n) is 5.47. The minimum absolute atomic E-state index is 0.0528. The molecular weight excluding hydrogens is 374 g/mol. The molecule has 1 aliphatic rings. The van der Waals surface area contributed by atoms with Gasteiger partial charge in [0, 0.05) is 41.3 Å². The van der Waals surface area contributed by atoms with E-state index in [0.29, 0.717) is 12.0 Å². The van der Waals surface area contributed by atoms with Crippen LogP contribution in [-0.2, 0) is 17.6 Å². The lowest BCUT2D eigenvalue weighted by Crippen LogP contribution is -2.38. The number of nitrogens with zero attached hydrogens (tertiary/aromatic N) is 2. The molecule has 0 fully saturated rings. The Labute approximate surface area is 176 Å². The third-order valence-corrected chi connectivity index (χ3v) is 5.47. The van der Waals surface area contributed by atoms with Crippen molar-refractivity contribution in [1.29, 1.82) is 0 Å². The number of nitrogens with one attached hydrogen (secondary N) is 1. The quantitative estimate of drug-likeness (QED) is 0.684. The second kappa shape index (κ2) is 8.49. The van der Waals surface area contributed by atoms with Crippen molar-refractivity contribution in [3.63, 3.8) is 0 Å². The molecule has 2 amide bonds. The van der Waals surface area contributed by atoms with Crippen molar-refractivity contribution in [2.45, 2.75) is 39.2 Å². The summed E-state index contributed by atoms with van der Waals surface area (Å²) in [5.74, 6) is -0.0304. The number of aryl methyl sites for hydroxylation is 1. The molecular formula is C25H25N3O2. The van der Waals surface area contributed by atoms with E-state index in [1.165, 1.54) is 0 Å². The number of rotatable bonds is 5. The fraction of sp³-hybridized carbons (Fsp3) is 0.240. The average Bonchev–Trinajstić information content (AvgIpc) is 3.12. The summed E-state index contributed by atoms with van der Waals surface area (Å²) in [6.07, 6.45) is 3.84. The van der Waals surface area contributed by atoms with Gasteiger partial charge in [0.05, 0.1) is 0 Å². The maximum absolute atomic E-state index is 12.7. The predicted octanol–water partition coefficient (Wildman–Crippen LogP) is 4.55. The topological polar surface area (TPSA) is 62.3 Å². The van der Waals surface area contributed by atoms with Gasteiger partial charge in [-0.3, -0.25) is 14.6 Å². The number of hydrogen-bond donors (Lipinski definition) is 1. The van der Waals surface area contributed by atoms with Gasteiger partial charge in [-0.2, -0.15) is 0 Å². The van der Waals surface area contributed by atoms with E-state index >= 15 is 0 Å². The molecule has 1 unspecified atom stereocenters. The smallest absolute Gasteiger partial charge is 0.255 e. The van der Waals surface area contributed by atoms with Crippen molar-refractivity contribution in [3.8, 4) is 0 Å². The van der Waals surface area contributed by atoms with Crippen molar-refractivity contribution < 1.29 is 9.59 Å². The van der Waals surface area contributed by atoms with Crippen LogP contribution in [-0.4, -0.2) is 22.8 Å². The van der Waals surface area contributed by atoms with Gasteiger partial charge in [0.25, 0.3) is 5.91 Å². The number of carbonyl (C=O) groups excluding carboxylic acids is 2. The summed E-state index contributed by atoms with van der Waals surface area (Å²) in [5, 5.41) is 2.96. The normalized spacial score (nSPS) is 15.0. The molecule has 1 N–H and O–H groups in total. The lowest BCUT2D eigenvalue weighted by molar-refractivity contribution is -0.118. The van der Waals surface area contributed by atoms with Crippen molar-refractivity contribution >= 4 is 23.2 Å². The molecule has 4 rings (SSSR count). The predicted molar refractivity (Wildman–Crippen MR) is 119 cm³/mol. The second-order valence-corrected chi connectivity index (χ2v) is 7.65. The van der Waals surface area contributed by atoms with Crippen LogP contribution in [0.15, 0.2) is 66.9 Å². The Hall–Kier alpha value is -3.47. The van der Waals surface area contributed by atoms with Crippen LogP contribution in [0.25, 0.3) is 0 Å². The Bertz CT molecular complexity index is 1060. The molecule has 2 heterocycles. The Morgan fingerprint density at radius 2 is 1.90 bits per heavy atom. The molecule has 1 atom stereocenters. The lowest BCUT2D eigenvalue weighted by atomic mass is 10.0. The first-order valence-corrected chi connectivity index (χ1v) is 10.3. The van der Waals surface area contributed by atoms with Crippen LogP contribution in [0.5, 0.6) is 0 Å².